The summed E-state index contributed by atoms with van der Waals surface area (Å²) in [7, 11) is 6.31. The Bertz CT molecular complexity index is 1510. The summed E-state index contributed by atoms with van der Waals surface area (Å²) in [6.07, 6.45) is 3.05. The van der Waals surface area contributed by atoms with Crippen molar-refractivity contribution in [3.05, 3.63) is 89.6 Å². The van der Waals surface area contributed by atoms with E-state index in [2.05, 4.69) is 27.6 Å². The fourth-order valence-electron chi connectivity index (χ4n) is 5.61. The molecular formula is C34H42N4O6. The van der Waals surface area contributed by atoms with Crippen LogP contribution in [0.3, 0.4) is 0 Å². The van der Waals surface area contributed by atoms with Gasteiger partial charge in [-0.1, -0.05) is 55.5 Å². The Hall–Kier alpha value is -4.54. The molecule has 0 radical (unpaired) electrons. The molecule has 3 aromatic carbocycles. The Morgan fingerprint density at radius 2 is 1.59 bits per heavy atom. The van der Waals surface area contributed by atoms with E-state index in [1.807, 2.05) is 55.6 Å². The Kier molecular flexibility index (Phi) is 11.2. The highest BCUT2D eigenvalue weighted by molar-refractivity contribution is 5.95. The molecule has 1 amide bonds. The highest BCUT2D eigenvalue weighted by Gasteiger charge is 2.27. The van der Waals surface area contributed by atoms with Gasteiger partial charge in [-0.25, -0.2) is 5.01 Å². The van der Waals surface area contributed by atoms with Crippen molar-refractivity contribution in [1.29, 1.82) is 0 Å². The van der Waals surface area contributed by atoms with Crippen molar-refractivity contribution in [3.63, 3.8) is 0 Å². The summed E-state index contributed by atoms with van der Waals surface area (Å²) in [5.41, 5.74) is 7.11. The Labute approximate surface area is 258 Å². The molecule has 0 bridgehead atoms. The molecule has 0 fully saturated rings. The first kappa shape index (κ1) is 32.4. The minimum atomic E-state index is -0.882. The number of benzene rings is 3. The number of nitrogens with zero attached hydrogens (tertiary/aromatic N) is 2. The van der Waals surface area contributed by atoms with Gasteiger partial charge in [-0.05, 0) is 42.2 Å². The molecule has 4 rings (SSSR count). The van der Waals surface area contributed by atoms with Gasteiger partial charge in [-0.15, -0.1) is 0 Å². The van der Waals surface area contributed by atoms with Crippen molar-refractivity contribution in [3.8, 4) is 17.2 Å². The van der Waals surface area contributed by atoms with Gasteiger partial charge in [-0.3, -0.25) is 15.0 Å². The van der Waals surface area contributed by atoms with Crippen molar-refractivity contribution in [2.24, 2.45) is 0 Å². The number of carboxylic acid groups (broad SMARTS) is 1. The highest BCUT2D eigenvalue weighted by Crippen LogP contribution is 2.38. The van der Waals surface area contributed by atoms with E-state index in [1.165, 1.54) is 21.3 Å². The monoisotopic (exact) mass is 602 g/mol. The number of hydrogen-bond acceptors (Lipinski definition) is 7. The lowest BCUT2D eigenvalue weighted by Crippen LogP contribution is -2.55. The number of nitrogens with one attached hydrogen (secondary N) is 2. The number of para-hydroxylation sites is 1. The zero-order valence-electron chi connectivity index (χ0n) is 26.0. The van der Waals surface area contributed by atoms with Crippen LogP contribution in [-0.4, -0.2) is 85.4 Å². The summed E-state index contributed by atoms with van der Waals surface area (Å²) in [5.74, 6) is 0.120. The molecule has 0 spiro atoms. The molecule has 0 aliphatic carbocycles. The first-order valence-electron chi connectivity index (χ1n) is 14.7. The predicted molar refractivity (Wildman–Crippen MR) is 171 cm³/mol. The molecule has 44 heavy (non-hydrogen) atoms. The summed E-state index contributed by atoms with van der Waals surface area (Å²) < 4.78 is 16.4. The Morgan fingerprint density at radius 1 is 0.932 bits per heavy atom. The molecule has 1 heterocycles. The lowest BCUT2D eigenvalue weighted by Gasteiger charge is -2.36. The summed E-state index contributed by atoms with van der Waals surface area (Å²) >= 11 is 0. The minimum Gasteiger partial charge on any atom is -0.493 e. The molecule has 0 aliphatic heterocycles. The average Bonchev–Trinajstić information content (AvgIpc) is 3.44. The number of hydrazine groups is 1. The fraction of sp³-hybridized carbons (Fsp3) is 0.353. The second kappa shape index (κ2) is 15.3. The summed E-state index contributed by atoms with van der Waals surface area (Å²) in [5, 5.41) is 12.9. The van der Waals surface area contributed by atoms with Gasteiger partial charge in [0.1, 0.15) is 0 Å². The van der Waals surface area contributed by atoms with Crippen LogP contribution in [-0.2, 0) is 17.6 Å². The molecule has 0 saturated carbocycles. The van der Waals surface area contributed by atoms with Gasteiger partial charge < -0.3 is 29.2 Å². The molecule has 0 aliphatic rings. The maximum absolute atomic E-state index is 13.7. The Morgan fingerprint density at radius 3 is 2.20 bits per heavy atom. The number of carbonyl (C=O) groups is 2. The molecule has 0 saturated heterocycles. The molecule has 234 valence electrons. The van der Waals surface area contributed by atoms with Crippen LogP contribution in [0, 0.1) is 0 Å². The third-order valence-corrected chi connectivity index (χ3v) is 7.75. The third-order valence-electron chi connectivity index (χ3n) is 7.75. The second-order valence-electron chi connectivity index (χ2n) is 10.7. The molecule has 1 aromatic heterocycles. The zero-order chi connectivity index (χ0) is 31.6. The maximum atomic E-state index is 13.7. The van der Waals surface area contributed by atoms with Crippen molar-refractivity contribution in [2.45, 2.75) is 38.3 Å². The van der Waals surface area contributed by atoms with Crippen molar-refractivity contribution in [2.75, 3.05) is 41.5 Å². The van der Waals surface area contributed by atoms with Crippen LogP contribution in [0.25, 0.3) is 10.9 Å². The van der Waals surface area contributed by atoms with Gasteiger partial charge in [-0.2, -0.15) is 0 Å². The standard InChI is InChI=1S/C34H42N4O6/c1-6-38(36-26(20-32(39)40)17-25-21-35-29-15-11-10-14-28(25)29)27(16-23-12-8-7-9-13-23)22-37(2)34(41)24-18-30(42-3)33(44-5)31(19-24)43-4/h7-15,18-19,21,26-27,35-36H,6,16-17,20,22H2,1-5H3,(H,39,40)/t26-,27?/m0/s1. The number of carbonyl (C=O) groups excluding carboxylic acids is 1. The smallest absolute Gasteiger partial charge is 0.304 e. The number of aromatic nitrogens is 1. The molecule has 10 heteroatoms. The van der Waals surface area contributed by atoms with E-state index < -0.39 is 5.97 Å². The number of rotatable bonds is 16. The van der Waals surface area contributed by atoms with Gasteiger partial charge in [0.25, 0.3) is 5.91 Å². The number of H-pyrrole nitrogens is 1. The van der Waals surface area contributed by atoms with E-state index in [4.69, 9.17) is 14.2 Å². The molecule has 3 N–H and O–H groups in total. The van der Waals surface area contributed by atoms with Crippen LogP contribution in [0.1, 0.15) is 34.8 Å². The number of carboxylic acids is 1. The zero-order valence-corrected chi connectivity index (χ0v) is 26.0. The molecule has 1 unspecified atom stereocenters. The Balaban J connectivity index is 1.60. The van der Waals surface area contributed by atoms with Gasteiger partial charge in [0.15, 0.2) is 11.5 Å². The number of aromatic amines is 1. The summed E-state index contributed by atoms with van der Waals surface area (Å²) in [6, 6.07) is 20.8. The summed E-state index contributed by atoms with van der Waals surface area (Å²) in [6.45, 7) is 2.99. The number of amides is 1. The van der Waals surface area contributed by atoms with Gasteiger partial charge in [0.05, 0.1) is 27.8 Å². The molecule has 10 nitrogen and oxygen atoms in total. The van der Waals surface area contributed by atoms with Crippen LogP contribution >= 0.6 is 0 Å². The van der Waals surface area contributed by atoms with E-state index in [0.29, 0.717) is 48.7 Å². The normalized spacial score (nSPS) is 12.6. The highest BCUT2D eigenvalue weighted by atomic mass is 16.5. The number of fused-ring (bicyclic) bond motifs is 1. The van der Waals surface area contributed by atoms with E-state index in [-0.39, 0.29) is 24.4 Å². The lowest BCUT2D eigenvalue weighted by atomic mass is 10.0. The lowest BCUT2D eigenvalue weighted by molar-refractivity contribution is -0.138. The van der Waals surface area contributed by atoms with Gasteiger partial charge in [0, 0.05) is 54.9 Å². The van der Waals surface area contributed by atoms with E-state index >= 15 is 0 Å². The number of ether oxygens (including phenoxy) is 3. The SMILES string of the molecule is CCN(N[C@H](CC(=O)O)Cc1c[nH]c2ccccc12)C(Cc1ccccc1)CN(C)C(=O)c1cc(OC)c(OC)c(OC)c1. The molecule has 4 aromatic rings. The predicted octanol–water partition coefficient (Wildman–Crippen LogP) is 4.79. The largest absolute Gasteiger partial charge is 0.493 e. The second-order valence-corrected chi connectivity index (χ2v) is 10.7. The quantitative estimate of drug-likeness (QED) is 0.157. The van der Waals surface area contributed by atoms with Crippen LogP contribution in [0.5, 0.6) is 17.2 Å². The topological polar surface area (TPSA) is 116 Å². The van der Waals surface area contributed by atoms with Crippen molar-refractivity contribution >= 4 is 22.8 Å². The van der Waals surface area contributed by atoms with Crippen molar-refractivity contribution < 1.29 is 28.9 Å². The fourth-order valence-corrected chi connectivity index (χ4v) is 5.61. The summed E-state index contributed by atoms with van der Waals surface area (Å²) in [4.78, 5) is 30.7. The van der Waals surface area contributed by atoms with E-state index in [1.54, 1.807) is 24.1 Å². The van der Waals surface area contributed by atoms with E-state index in [9.17, 15) is 14.7 Å². The van der Waals surface area contributed by atoms with Crippen LogP contribution in [0.4, 0.5) is 0 Å². The molecule has 2 atom stereocenters. The number of methoxy groups -OCH3 is 3. The van der Waals surface area contributed by atoms with Gasteiger partial charge in [0.2, 0.25) is 5.75 Å². The number of likely N-dealkylation sites (N-methyl/N-ethyl adjacent to an activating group) is 2. The maximum Gasteiger partial charge on any atom is 0.304 e. The van der Waals surface area contributed by atoms with E-state index in [0.717, 1.165) is 22.0 Å². The van der Waals surface area contributed by atoms with Crippen molar-refractivity contribution in [1.82, 2.24) is 20.3 Å². The average molecular weight is 603 g/mol. The third kappa shape index (κ3) is 7.89. The van der Waals surface area contributed by atoms with Gasteiger partial charge >= 0.3 is 5.97 Å². The van der Waals surface area contributed by atoms with Crippen LogP contribution < -0.4 is 19.6 Å². The first-order chi connectivity index (χ1) is 21.3. The van der Waals surface area contributed by atoms with Crippen LogP contribution in [0.2, 0.25) is 0 Å². The molecular weight excluding hydrogens is 560 g/mol. The number of aliphatic carboxylic acids is 1. The van der Waals surface area contributed by atoms with Crippen LogP contribution in [0.15, 0.2) is 72.9 Å². The number of hydrogen-bond donors (Lipinski definition) is 3. The minimum absolute atomic E-state index is 0.0612. The first-order valence-corrected chi connectivity index (χ1v) is 14.7.